The highest BCUT2D eigenvalue weighted by atomic mass is 32.2. The van der Waals surface area contributed by atoms with Gasteiger partial charge in [0.05, 0.1) is 0 Å². The minimum atomic E-state index is -0.106. The largest absolute Gasteiger partial charge is 0.382 e. The molecule has 0 saturated carbocycles. The lowest BCUT2D eigenvalue weighted by molar-refractivity contribution is 0.379. The van der Waals surface area contributed by atoms with Gasteiger partial charge >= 0.3 is 0 Å². The van der Waals surface area contributed by atoms with Crippen molar-refractivity contribution in [3.05, 3.63) is 16.1 Å². The van der Waals surface area contributed by atoms with E-state index in [1.165, 1.54) is 0 Å². The van der Waals surface area contributed by atoms with E-state index in [2.05, 4.69) is 19.0 Å². The van der Waals surface area contributed by atoms with Gasteiger partial charge in [-0.05, 0) is 0 Å². The number of nitrogens with one attached hydrogen (secondary N) is 1. The van der Waals surface area contributed by atoms with Gasteiger partial charge < -0.3 is 4.52 Å². The Balaban J connectivity index is 2.94. The maximum Gasteiger partial charge on any atom is 0.293 e. The summed E-state index contributed by atoms with van der Waals surface area (Å²) in [7, 11) is 0. The van der Waals surface area contributed by atoms with Crippen LogP contribution in [0.15, 0.2) is 14.2 Å². The van der Waals surface area contributed by atoms with Crippen molar-refractivity contribution in [1.82, 2.24) is 5.16 Å². The number of aromatic nitrogens is 1. The van der Waals surface area contributed by atoms with Crippen molar-refractivity contribution in [1.29, 1.82) is 0 Å². The highest BCUT2D eigenvalue weighted by Gasteiger charge is 2.12. The standard InChI is InChI=1S/C8H13NO2S/c1-4-6-7(12-5(2)3)8(10)9-11-6/h5H,4H2,1-3H3,(H,9,10). The van der Waals surface area contributed by atoms with Gasteiger partial charge in [-0.3, -0.25) is 4.79 Å². The zero-order valence-electron chi connectivity index (χ0n) is 7.51. The summed E-state index contributed by atoms with van der Waals surface area (Å²) in [6, 6.07) is 0. The first-order valence-corrected chi connectivity index (χ1v) is 4.90. The summed E-state index contributed by atoms with van der Waals surface area (Å²) < 4.78 is 4.99. The Kier molecular flexibility index (Phi) is 3.03. The molecule has 0 bridgehead atoms. The summed E-state index contributed by atoms with van der Waals surface area (Å²) in [5.41, 5.74) is -0.106. The van der Waals surface area contributed by atoms with E-state index in [4.69, 9.17) is 4.52 Å². The molecule has 0 aliphatic rings. The third kappa shape index (κ3) is 1.94. The van der Waals surface area contributed by atoms with Crippen LogP contribution in [0.4, 0.5) is 0 Å². The van der Waals surface area contributed by atoms with Gasteiger partial charge in [0, 0.05) is 11.7 Å². The van der Waals surface area contributed by atoms with Crippen LogP contribution in [0.5, 0.6) is 0 Å². The fourth-order valence-electron chi connectivity index (χ4n) is 0.915. The summed E-state index contributed by atoms with van der Waals surface area (Å²) >= 11 is 1.55. The van der Waals surface area contributed by atoms with E-state index in [0.29, 0.717) is 5.25 Å². The van der Waals surface area contributed by atoms with E-state index in [0.717, 1.165) is 17.1 Å². The fourth-order valence-corrected chi connectivity index (χ4v) is 1.85. The molecule has 1 heterocycles. The summed E-state index contributed by atoms with van der Waals surface area (Å²) in [4.78, 5) is 11.9. The lowest BCUT2D eigenvalue weighted by atomic mass is 10.4. The molecule has 3 nitrogen and oxygen atoms in total. The number of hydrogen-bond acceptors (Lipinski definition) is 3. The number of thioether (sulfide) groups is 1. The second-order valence-electron chi connectivity index (χ2n) is 2.81. The Hall–Kier alpha value is -0.640. The molecule has 1 N–H and O–H groups in total. The first kappa shape index (κ1) is 9.45. The molecule has 0 fully saturated rings. The molecular weight excluding hydrogens is 174 g/mol. The Labute approximate surface area is 75.5 Å². The predicted molar refractivity (Wildman–Crippen MR) is 49.7 cm³/mol. The molecule has 1 aromatic heterocycles. The predicted octanol–water partition coefficient (Wildman–Crippen LogP) is 2.03. The Morgan fingerprint density at radius 3 is 2.75 bits per heavy atom. The first-order valence-electron chi connectivity index (χ1n) is 4.02. The van der Waals surface area contributed by atoms with Crippen molar-refractivity contribution < 1.29 is 4.52 Å². The molecule has 4 heteroatoms. The van der Waals surface area contributed by atoms with Gasteiger partial charge in [-0.25, -0.2) is 0 Å². The molecule has 0 unspecified atom stereocenters. The van der Waals surface area contributed by atoms with Crippen molar-refractivity contribution in [2.45, 2.75) is 37.3 Å². The van der Waals surface area contributed by atoms with E-state index in [1.54, 1.807) is 11.8 Å². The molecule has 0 atom stereocenters. The second kappa shape index (κ2) is 3.85. The summed E-state index contributed by atoms with van der Waals surface area (Å²) in [5.74, 6) is 0.763. The normalized spacial score (nSPS) is 11.0. The van der Waals surface area contributed by atoms with E-state index >= 15 is 0 Å². The van der Waals surface area contributed by atoms with Crippen LogP contribution in [0, 0.1) is 0 Å². The van der Waals surface area contributed by atoms with E-state index < -0.39 is 0 Å². The molecule has 0 aliphatic heterocycles. The van der Waals surface area contributed by atoms with Gasteiger partial charge in [0.15, 0.2) is 5.76 Å². The monoisotopic (exact) mass is 187 g/mol. The Morgan fingerprint density at radius 2 is 2.25 bits per heavy atom. The zero-order valence-corrected chi connectivity index (χ0v) is 8.33. The molecule has 0 amide bonds. The molecule has 1 aromatic rings. The van der Waals surface area contributed by atoms with Crippen LogP contribution >= 0.6 is 11.8 Å². The average molecular weight is 187 g/mol. The molecule has 68 valence electrons. The van der Waals surface area contributed by atoms with Crippen LogP contribution in [0.2, 0.25) is 0 Å². The molecule has 0 aromatic carbocycles. The SMILES string of the molecule is CCc1o[nH]c(=O)c1SC(C)C. The molecule has 0 aliphatic carbocycles. The van der Waals surface area contributed by atoms with E-state index in [9.17, 15) is 4.79 Å². The summed E-state index contributed by atoms with van der Waals surface area (Å²) in [6.07, 6.45) is 0.758. The summed E-state index contributed by atoms with van der Waals surface area (Å²) in [6.45, 7) is 6.07. The summed E-state index contributed by atoms with van der Waals surface area (Å²) in [5, 5.41) is 2.75. The number of aryl methyl sites for hydroxylation is 1. The van der Waals surface area contributed by atoms with Crippen LogP contribution in [0.3, 0.4) is 0 Å². The first-order chi connectivity index (χ1) is 5.65. The van der Waals surface area contributed by atoms with Crippen LogP contribution in [0.1, 0.15) is 26.5 Å². The zero-order chi connectivity index (χ0) is 9.14. The number of H-pyrrole nitrogens is 1. The molecule has 1 rings (SSSR count). The Morgan fingerprint density at radius 1 is 1.58 bits per heavy atom. The van der Waals surface area contributed by atoms with Gasteiger partial charge in [0.25, 0.3) is 5.56 Å². The third-order valence-corrected chi connectivity index (χ3v) is 2.52. The van der Waals surface area contributed by atoms with Crippen molar-refractivity contribution in [2.75, 3.05) is 0 Å². The molecule has 0 spiro atoms. The average Bonchev–Trinajstić information content (AvgIpc) is 2.32. The third-order valence-electron chi connectivity index (χ3n) is 1.40. The lowest BCUT2D eigenvalue weighted by Gasteiger charge is -2.00. The van der Waals surface area contributed by atoms with Crippen LogP contribution in [0.25, 0.3) is 0 Å². The molecule has 12 heavy (non-hydrogen) atoms. The van der Waals surface area contributed by atoms with Crippen molar-refractivity contribution in [2.24, 2.45) is 0 Å². The van der Waals surface area contributed by atoms with Crippen LogP contribution < -0.4 is 5.56 Å². The van der Waals surface area contributed by atoms with Gasteiger partial charge in [0.1, 0.15) is 4.90 Å². The Bertz CT molecular complexity index is 300. The molecule has 0 radical (unpaired) electrons. The minimum Gasteiger partial charge on any atom is -0.382 e. The number of rotatable bonds is 3. The van der Waals surface area contributed by atoms with Gasteiger partial charge in [0.2, 0.25) is 0 Å². The smallest absolute Gasteiger partial charge is 0.293 e. The second-order valence-corrected chi connectivity index (χ2v) is 4.39. The minimum absolute atomic E-state index is 0.106. The van der Waals surface area contributed by atoms with Crippen molar-refractivity contribution >= 4 is 11.8 Å². The maximum atomic E-state index is 11.2. The topological polar surface area (TPSA) is 46.0 Å². The van der Waals surface area contributed by atoms with E-state index in [1.807, 2.05) is 6.92 Å². The van der Waals surface area contributed by atoms with Crippen molar-refractivity contribution in [3.8, 4) is 0 Å². The maximum absolute atomic E-state index is 11.2. The van der Waals surface area contributed by atoms with Gasteiger partial charge in [-0.1, -0.05) is 20.8 Å². The highest BCUT2D eigenvalue weighted by molar-refractivity contribution is 7.99. The van der Waals surface area contributed by atoms with Crippen LogP contribution in [-0.4, -0.2) is 10.4 Å². The number of aromatic amines is 1. The highest BCUT2D eigenvalue weighted by Crippen LogP contribution is 2.23. The fraction of sp³-hybridized carbons (Fsp3) is 0.625. The van der Waals surface area contributed by atoms with Crippen molar-refractivity contribution in [3.63, 3.8) is 0 Å². The van der Waals surface area contributed by atoms with Crippen LogP contribution in [-0.2, 0) is 6.42 Å². The van der Waals surface area contributed by atoms with E-state index in [-0.39, 0.29) is 5.56 Å². The molecular formula is C8H13NO2S. The lowest BCUT2D eigenvalue weighted by Crippen LogP contribution is -2.03. The number of hydrogen-bond donors (Lipinski definition) is 1. The molecule has 0 saturated heterocycles. The van der Waals surface area contributed by atoms with Gasteiger partial charge in [-0.15, -0.1) is 11.8 Å². The van der Waals surface area contributed by atoms with Gasteiger partial charge in [-0.2, -0.15) is 5.16 Å². The quantitative estimate of drug-likeness (QED) is 0.736.